The third kappa shape index (κ3) is 2.49. The van der Waals surface area contributed by atoms with E-state index in [0.717, 1.165) is 10.4 Å². The van der Waals surface area contributed by atoms with Crippen LogP contribution in [0.3, 0.4) is 0 Å². The molecule has 1 N–H and O–H groups in total. The molecule has 1 saturated heterocycles. The monoisotopic (exact) mass is 273 g/mol. The van der Waals surface area contributed by atoms with Crippen LogP contribution in [0.15, 0.2) is 23.4 Å². The lowest BCUT2D eigenvalue weighted by molar-refractivity contribution is -0.120. The molecule has 2 rings (SSSR count). The molecule has 18 heavy (non-hydrogen) atoms. The number of pyridine rings is 1. The minimum Gasteiger partial charge on any atom is -0.355 e. The van der Waals surface area contributed by atoms with E-state index in [1.54, 1.807) is 0 Å². The van der Waals surface area contributed by atoms with Crippen molar-refractivity contribution in [2.45, 2.75) is 11.4 Å². The van der Waals surface area contributed by atoms with E-state index in [-0.39, 0.29) is 13.1 Å². The Bertz CT molecular complexity index is 561. The fourth-order valence-corrected chi connectivity index (χ4v) is 3.08. The summed E-state index contributed by atoms with van der Waals surface area (Å²) in [5.74, 6) is -1.31. The minimum atomic E-state index is -4.06. The van der Waals surface area contributed by atoms with Gasteiger partial charge in [-0.1, -0.05) is 0 Å². The number of rotatable bonds is 2. The SMILES string of the molecule is O=C1CN(S(=O)(=O)c2ncccc2F)CCCN1. The summed E-state index contributed by atoms with van der Waals surface area (Å²) in [6.45, 7) is 0.269. The largest absolute Gasteiger partial charge is 0.355 e. The Labute approximate surface area is 104 Å². The molecule has 0 atom stereocenters. The smallest absolute Gasteiger partial charge is 0.264 e. The van der Waals surface area contributed by atoms with Crippen LogP contribution in [0, 0.1) is 5.82 Å². The summed E-state index contributed by atoms with van der Waals surface area (Å²) in [6.07, 6.45) is 1.69. The summed E-state index contributed by atoms with van der Waals surface area (Å²) < 4.78 is 38.7. The van der Waals surface area contributed by atoms with Gasteiger partial charge in [0, 0.05) is 19.3 Å². The van der Waals surface area contributed by atoms with Crippen molar-refractivity contribution < 1.29 is 17.6 Å². The van der Waals surface area contributed by atoms with Crippen molar-refractivity contribution >= 4 is 15.9 Å². The average molecular weight is 273 g/mol. The highest BCUT2D eigenvalue weighted by molar-refractivity contribution is 7.89. The molecule has 0 unspecified atom stereocenters. The molecule has 0 aliphatic carbocycles. The molecule has 1 aromatic heterocycles. The Hall–Kier alpha value is -1.54. The highest BCUT2D eigenvalue weighted by Crippen LogP contribution is 2.17. The van der Waals surface area contributed by atoms with Crippen molar-refractivity contribution in [2.75, 3.05) is 19.6 Å². The zero-order chi connectivity index (χ0) is 13.2. The van der Waals surface area contributed by atoms with E-state index < -0.39 is 26.8 Å². The van der Waals surface area contributed by atoms with Gasteiger partial charge in [0.1, 0.15) is 0 Å². The summed E-state index contributed by atoms with van der Waals surface area (Å²) in [7, 11) is -4.06. The third-order valence-corrected chi connectivity index (χ3v) is 4.32. The standard InChI is InChI=1S/C10H12FN3O3S/c11-8-3-1-4-13-10(8)18(16,17)14-6-2-5-12-9(15)7-14/h1,3-4H,2,5-7H2,(H,12,15). The highest BCUT2D eigenvalue weighted by atomic mass is 32.2. The molecular formula is C10H12FN3O3S. The van der Waals surface area contributed by atoms with E-state index in [2.05, 4.69) is 10.3 Å². The quantitative estimate of drug-likeness (QED) is 0.804. The fourth-order valence-electron chi connectivity index (χ4n) is 1.67. The molecule has 8 heteroatoms. The Balaban J connectivity index is 2.36. The first-order valence-electron chi connectivity index (χ1n) is 5.39. The number of carbonyl (C=O) groups is 1. The molecule has 1 amide bonds. The second kappa shape index (κ2) is 4.99. The summed E-state index contributed by atoms with van der Waals surface area (Å²) in [5.41, 5.74) is 0. The fraction of sp³-hybridized carbons (Fsp3) is 0.400. The molecule has 2 heterocycles. The predicted molar refractivity (Wildman–Crippen MR) is 60.6 cm³/mol. The highest BCUT2D eigenvalue weighted by Gasteiger charge is 2.31. The van der Waals surface area contributed by atoms with Crippen LogP contribution in [0.25, 0.3) is 0 Å². The molecular weight excluding hydrogens is 261 g/mol. The molecule has 0 bridgehead atoms. The van der Waals surface area contributed by atoms with Crippen LogP contribution in [0.1, 0.15) is 6.42 Å². The van der Waals surface area contributed by atoms with E-state index in [0.29, 0.717) is 13.0 Å². The van der Waals surface area contributed by atoms with Crippen LogP contribution < -0.4 is 5.32 Å². The van der Waals surface area contributed by atoms with Crippen molar-refractivity contribution in [2.24, 2.45) is 0 Å². The molecule has 1 aliphatic rings. The van der Waals surface area contributed by atoms with Gasteiger partial charge in [-0.2, -0.15) is 4.31 Å². The van der Waals surface area contributed by atoms with Crippen LogP contribution in [0.2, 0.25) is 0 Å². The van der Waals surface area contributed by atoms with Crippen LogP contribution in [-0.2, 0) is 14.8 Å². The van der Waals surface area contributed by atoms with E-state index >= 15 is 0 Å². The molecule has 6 nitrogen and oxygen atoms in total. The van der Waals surface area contributed by atoms with E-state index in [1.165, 1.54) is 12.3 Å². The van der Waals surface area contributed by atoms with Crippen LogP contribution >= 0.6 is 0 Å². The molecule has 1 aliphatic heterocycles. The minimum absolute atomic E-state index is 0.164. The Morgan fingerprint density at radius 1 is 1.44 bits per heavy atom. The second-order valence-corrected chi connectivity index (χ2v) is 5.69. The van der Waals surface area contributed by atoms with Gasteiger partial charge in [0.2, 0.25) is 10.9 Å². The maximum absolute atomic E-state index is 13.5. The number of hydrogen-bond acceptors (Lipinski definition) is 4. The molecule has 1 fully saturated rings. The molecule has 98 valence electrons. The first kappa shape index (κ1) is 12.9. The summed E-state index contributed by atoms with van der Waals surface area (Å²) >= 11 is 0. The lowest BCUT2D eigenvalue weighted by Crippen LogP contribution is -2.38. The first-order chi connectivity index (χ1) is 8.51. The lowest BCUT2D eigenvalue weighted by Gasteiger charge is -2.18. The number of aromatic nitrogens is 1. The maximum atomic E-state index is 13.5. The van der Waals surface area contributed by atoms with Crippen molar-refractivity contribution in [3.63, 3.8) is 0 Å². The van der Waals surface area contributed by atoms with Gasteiger partial charge in [-0.25, -0.2) is 17.8 Å². The van der Waals surface area contributed by atoms with Gasteiger partial charge in [0.25, 0.3) is 10.0 Å². The van der Waals surface area contributed by atoms with Gasteiger partial charge in [-0.3, -0.25) is 4.79 Å². The lowest BCUT2D eigenvalue weighted by atomic mass is 10.4. The topological polar surface area (TPSA) is 79.4 Å². The summed E-state index contributed by atoms with van der Waals surface area (Å²) in [6, 6.07) is 2.33. The van der Waals surface area contributed by atoms with Gasteiger partial charge in [-0.15, -0.1) is 0 Å². The van der Waals surface area contributed by atoms with E-state index in [1.807, 2.05) is 0 Å². The van der Waals surface area contributed by atoms with Gasteiger partial charge < -0.3 is 5.32 Å². The number of carbonyl (C=O) groups excluding carboxylic acids is 1. The van der Waals surface area contributed by atoms with Gasteiger partial charge in [0.05, 0.1) is 6.54 Å². The molecule has 0 saturated carbocycles. The van der Waals surface area contributed by atoms with Crippen LogP contribution in [-0.4, -0.2) is 43.2 Å². The number of amides is 1. The second-order valence-electron chi connectivity index (χ2n) is 3.83. The number of nitrogens with one attached hydrogen (secondary N) is 1. The number of sulfonamides is 1. The summed E-state index contributed by atoms with van der Waals surface area (Å²) in [5, 5.41) is 1.91. The first-order valence-corrected chi connectivity index (χ1v) is 6.83. The normalized spacial score (nSPS) is 18.2. The third-order valence-electron chi connectivity index (χ3n) is 2.54. The number of nitrogens with zero attached hydrogens (tertiary/aromatic N) is 2. The average Bonchev–Trinajstić information content (AvgIpc) is 2.54. The molecule has 1 aromatic rings. The van der Waals surface area contributed by atoms with Gasteiger partial charge >= 0.3 is 0 Å². The van der Waals surface area contributed by atoms with Crippen LogP contribution in [0.4, 0.5) is 4.39 Å². The molecule has 0 spiro atoms. The Kier molecular flexibility index (Phi) is 3.58. The van der Waals surface area contributed by atoms with Gasteiger partial charge in [0.15, 0.2) is 5.82 Å². The Morgan fingerprint density at radius 3 is 2.94 bits per heavy atom. The van der Waals surface area contributed by atoms with E-state index in [4.69, 9.17) is 0 Å². The van der Waals surface area contributed by atoms with Crippen molar-refractivity contribution in [1.82, 2.24) is 14.6 Å². The number of hydrogen-bond donors (Lipinski definition) is 1. The van der Waals surface area contributed by atoms with Gasteiger partial charge in [-0.05, 0) is 18.6 Å². The van der Waals surface area contributed by atoms with Crippen LogP contribution in [0.5, 0.6) is 0 Å². The summed E-state index contributed by atoms with van der Waals surface area (Å²) in [4.78, 5) is 14.9. The zero-order valence-electron chi connectivity index (χ0n) is 9.47. The Morgan fingerprint density at radius 2 is 2.22 bits per heavy atom. The van der Waals surface area contributed by atoms with E-state index in [9.17, 15) is 17.6 Å². The zero-order valence-corrected chi connectivity index (χ0v) is 10.3. The van der Waals surface area contributed by atoms with Crippen molar-refractivity contribution in [3.05, 3.63) is 24.1 Å². The molecule has 0 radical (unpaired) electrons. The van der Waals surface area contributed by atoms with Crippen molar-refractivity contribution in [1.29, 1.82) is 0 Å². The molecule has 0 aromatic carbocycles. The number of halogens is 1. The van der Waals surface area contributed by atoms with Crippen molar-refractivity contribution in [3.8, 4) is 0 Å². The predicted octanol–water partition coefficient (Wildman–Crippen LogP) is -0.269. The maximum Gasteiger partial charge on any atom is 0.264 e.